The van der Waals surface area contributed by atoms with E-state index in [0.29, 0.717) is 5.76 Å². The smallest absolute Gasteiger partial charge is 0.255 e. The molecule has 0 saturated heterocycles. The normalized spacial score (nSPS) is 11.9. The van der Waals surface area contributed by atoms with Crippen molar-refractivity contribution in [2.75, 3.05) is 13.7 Å². The van der Waals surface area contributed by atoms with Gasteiger partial charge in [-0.1, -0.05) is 0 Å². The number of furan rings is 1. The fourth-order valence-electron chi connectivity index (χ4n) is 1.72. The molecule has 0 bridgehead atoms. The minimum Gasteiger partial charge on any atom is -0.496 e. The first kappa shape index (κ1) is 14.1. The third-order valence-electron chi connectivity index (χ3n) is 2.73. The van der Waals surface area contributed by atoms with Crippen LogP contribution < -0.4 is 10.1 Å². The molecule has 1 unspecified atom stereocenters. The fraction of sp³-hybridized carbons (Fsp3) is 0.214. The summed E-state index contributed by atoms with van der Waals surface area (Å²) in [6, 6.07) is 6.88. The van der Waals surface area contributed by atoms with Gasteiger partial charge in [-0.3, -0.25) is 4.79 Å². The van der Waals surface area contributed by atoms with Gasteiger partial charge in [0.1, 0.15) is 23.4 Å². The molecule has 1 atom stereocenters. The number of rotatable bonds is 5. The Balaban J connectivity index is 2.03. The summed E-state index contributed by atoms with van der Waals surface area (Å²) in [7, 11) is 1.39. The molecule has 5 nitrogen and oxygen atoms in total. The first-order chi connectivity index (χ1) is 9.61. The summed E-state index contributed by atoms with van der Waals surface area (Å²) in [6.07, 6.45) is 0.462. The van der Waals surface area contributed by atoms with Crippen molar-refractivity contribution in [2.45, 2.75) is 6.10 Å². The predicted octanol–water partition coefficient (Wildman–Crippen LogP) is 1.89. The van der Waals surface area contributed by atoms with Crippen LogP contribution in [0.5, 0.6) is 5.75 Å². The van der Waals surface area contributed by atoms with Crippen LogP contribution in [0.25, 0.3) is 0 Å². The molecule has 0 spiro atoms. The highest BCUT2D eigenvalue weighted by molar-refractivity contribution is 5.96. The zero-order valence-electron chi connectivity index (χ0n) is 10.8. The second kappa shape index (κ2) is 6.21. The first-order valence-electron chi connectivity index (χ1n) is 5.95. The maximum absolute atomic E-state index is 13.2. The van der Waals surface area contributed by atoms with Gasteiger partial charge in [-0.15, -0.1) is 0 Å². The molecule has 2 aromatic rings. The molecule has 1 amide bonds. The SMILES string of the molecule is COc1ccc(F)cc1C(=O)NCC(O)c1ccco1. The van der Waals surface area contributed by atoms with Crippen LogP contribution in [-0.2, 0) is 0 Å². The van der Waals surface area contributed by atoms with Crippen molar-refractivity contribution in [3.63, 3.8) is 0 Å². The minimum absolute atomic E-state index is 0.0496. The van der Waals surface area contributed by atoms with E-state index in [4.69, 9.17) is 9.15 Å². The second-order valence-corrected chi connectivity index (χ2v) is 4.09. The van der Waals surface area contributed by atoms with Crippen molar-refractivity contribution in [1.82, 2.24) is 5.32 Å². The van der Waals surface area contributed by atoms with E-state index in [1.165, 1.54) is 25.5 Å². The monoisotopic (exact) mass is 279 g/mol. The zero-order valence-corrected chi connectivity index (χ0v) is 10.8. The second-order valence-electron chi connectivity index (χ2n) is 4.09. The average Bonchev–Trinajstić information content (AvgIpc) is 2.98. The first-order valence-corrected chi connectivity index (χ1v) is 5.95. The van der Waals surface area contributed by atoms with Crippen molar-refractivity contribution in [3.05, 3.63) is 53.7 Å². The summed E-state index contributed by atoms with van der Waals surface area (Å²) in [6.45, 7) is -0.0496. The van der Waals surface area contributed by atoms with Crippen LogP contribution in [0.4, 0.5) is 4.39 Å². The lowest BCUT2D eigenvalue weighted by atomic mass is 10.1. The van der Waals surface area contributed by atoms with E-state index < -0.39 is 17.8 Å². The number of halogens is 1. The van der Waals surface area contributed by atoms with Crippen molar-refractivity contribution in [2.24, 2.45) is 0 Å². The Morgan fingerprint density at radius 1 is 1.50 bits per heavy atom. The molecular formula is C14H14FNO4. The molecule has 20 heavy (non-hydrogen) atoms. The average molecular weight is 279 g/mol. The van der Waals surface area contributed by atoms with Gasteiger partial charge in [0.15, 0.2) is 0 Å². The van der Waals surface area contributed by atoms with Crippen LogP contribution in [0, 0.1) is 5.82 Å². The van der Waals surface area contributed by atoms with E-state index in [9.17, 15) is 14.3 Å². The molecule has 0 fully saturated rings. The van der Waals surface area contributed by atoms with Gasteiger partial charge in [0.25, 0.3) is 5.91 Å². The number of hydrogen-bond donors (Lipinski definition) is 2. The van der Waals surface area contributed by atoms with Crippen LogP contribution in [0.2, 0.25) is 0 Å². The Morgan fingerprint density at radius 3 is 2.95 bits per heavy atom. The minimum atomic E-state index is -0.964. The number of carbonyl (C=O) groups is 1. The molecule has 0 aliphatic rings. The number of hydrogen-bond acceptors (Lipinski definition) is 4. The Labute approximate surface area is 115 Å². The van der Waals surface area contributed by atoms with Gasteiger partial charge in [-0.25, -0.2) is 4.39 Å². The van der Waals surface area contributed by atoms with Gasteiger partial charge in [0.2, 0.25) is 0 Å². The molecule has 1 aromatic carbocycles. The van der Waals surface area contributed by atoms with Crippen molar-refractivity contribution in [1.29, 1.82) is 0 Å². The third-order valence-corrected chi connectivity index (χ3v) is 2.73. The molecule has 1 aromatic heterocycles. The Kier molecular flexibility index (Phi) is 4.37. The van der Waals surface area contributed by atoms with Crippen molar-refractivity contribution < 1.29 is 23.4 Å². The van der Waals surface area contributed by atoms with E-state index in [0.717, 1.165) is 6.07 Å². The molecule has 6 heteroatoms. The lowest BCUT2D eigenvalue weighted by molar-refractivity contribution is 0.0897. The molecular weight excluding hydrogens is 265 g/mol. The number of nitrogens with one attached hydrogen (secondary N) is 1. The van der Waals surface area contributed by atoms with Gasteiger partial charge >= 0.3 is 0 Å². The maximum Gasteiger partial charge on any atom is 0.255 e. The molecule has 1 heterocycles. The van der Waals surface area contributed by atoms with Crippen LogP contribution in [-0.4, -0.2) is 24.7 Å². The summed E-state index contributed by atoms with van der Waals surface area (Å²) in [5, 5.41) is 12.3. The van der Waals surface area contributed by atoms with Crippen molar-refractivity contribution in [3.8, 4) is 5.75 Å². The van der Waals surface area contributed by atoms with Crippen LogP contribution >= 0.6 is 0 Å². The van der Waals surface area contributed by atoms with Crippen LogP contribution in [0.15, 0.2) is 41.0 Å². The summed E-state index contributed by atoms with van der Waals surface area (Å²) in [4.78, 5) is 12.0. The van der Waals surface area contributed by atoms with E-state index in [1.54, 1.807) is 12.1 Å². The highest BCUT2D eigenvalue weighted by Gasteiger charge is 2.16. The molecule has 0 aliphatic carbocycles. The zero-order chi connectivity index (χ0) is 14.5. The van der Waals surface area contributed by atoms with Crippen LogP contribution in [0.3, 0.4) is 0 Å². The molecule has 0 radical (unpaired) electrons. The molecule has 0 saturated carbocycles. The Hall–Kier alpha value is -2.34. The van der Waals surface area contributed by atoms with Gasteiger partial charge in [-0.2, -0.15) is 0 Å². The lowest BCUT2D eigenvalue weighted by Gasteiger charge is -2.11. The Bertz CT molecular complexity index is 583. The summed E-state index contributed by atoms with van der Waals surface area (Å²) >= 11 is 0. The van der Waals surface area contributed by atoms with E-state index in [2.05, 4.69) is 5.32 Å². The fourth-order valence-corrected chi connectivity index (χ4v) is 1.72. The number of methoxy groups -OCH3 is 1. The summed E-state index contributed by atoms with van der Waals surface area (Å²) < 4.78 is 23.2. The number of aliphatic hydroxyl groups excluding tert-OH is 1. The standard InChI is InChI=1S/C14H14FNO4/c1-19-12-5-4-9(15)7-10(12)14(18)16-8-11(17)13-3-2-6-20-13/h2-7,11,17H,8H2,1H3,(H,16,18). The van der Waals surface area contributed by atoms with Crippen LogP contribution in [0.1, 0.15) is 22.2 Å². The van der Waals surface area contributed by atoms with E-state index in [1.807, 2.05) is 0 Å². The summed E-state index contributed by atoms with van der Waals surface area (Å²) in [5.41, 5.74) is 0.0687. The number of aliphatic hydroxyl groups is 1. The molecule has 2 rings (SSSR count). The van der Waals surface area contributed by atoms with Gasteiger partial charge < -0.3 is 19.6 Å². The number of amides is 1. The highest BCUT2D eigenvalue weighted by atomic mass is 19.1. The van der Waals surface area contributed by atoms with E-state index >= 15 is 0 Å². The number of benzene rings is 1. The number of ether oxygens (including phenoxy) is 1. The summed E-state index contributed by atoms with van der Waals surface area (Å²) in [5.74, 6) is -0.470. The van der Waals surface area contributed by atoms with Gasteiger partial charge in [0.05, 0.1) is 25.5 Å². The third kappa shape index (κ3) is 3.16. The molecule has 106 valence electrons. The largest absolute Gasteiger partial charge is 0.496 e. The maximum atomic E-state index is 13.2. The highest BCUT2D eigenvalue weighted by Crippen LogP contribution is 2.19. The molecule has 2 N–H and O–H groups in total. The van der Waals surface area contributed by atoms with E-state index in [-0.39, 0.29) is 17.9 Å². The van der Waals surface area contributed by atoms with Gasteiger partial charge in [-0.05, 0) is 30.3 Å². The van der Waals surface area contributed by atoms with Crippen molar-refractivity contribution >= 4 is 5.91 Å². The topological polar surface area (TPSA) is 71.7 Å². The molecule has 0 aliphatic heterocycles. The quantitative estimate of drug-likeness (QED) is 0.876. The van der Waals surface area contributed by atoms with Gasteiger partial charge in [0, 0.05) is 0 Å². The number of carbonyl (C=O) groups excluding carboxylic acids is 1. The lowest BCUT2D eigenvalue weighted by Crippen LogP contribution is -2.28. The Morgan fingerprint density at radius 2 is 2.30 bits per heavy atom. The predicted molar refractivity (Wildman–Crippen MR) is 69.0 cm³/mol.